The molecule has 0 bridgehead atoms. The second kappa shape index (κ2) is 5.31. The molecule has 1 aromatic carbocycles. The predicted octanol–water partition coefficient (Wildman–Crippen LogP) is 3.39. The van der Waals surface area contributed by atoms with Crippen molar-refractivity contribution in [1.82, 2.24) is 4.98 Å². The number of rotatable bonds is 3. The number of pyridine rings is 1. The van der Waals surface area contributed by atoms with Gasteiger partial charge in [0.15, 0.2) is 5.78 Å². The number of methoxy groups -OCH3 is 1. The lowest BCUT2D eigenvalue weighted by molar-refractivity contribution is 0.103. The lowest BCUT2D eigenvalue weighted by Crippen LogP contribution is -2.04. The molecule has 0 aliphatic carbocycles. The van der Waals surface area contributed by atoms with Crippen LogP contribution in [0.2, 0.25) is 0 Å². The second-order valence-corrected chi connectivity index (χ2v) is 4.82. The molecular weight excluding hydrogens is 294 g/mol. The van der Waals surface area contributed by atoms with Crippen molar-refractivity contribution in [3.05, 3.63) is 57.8 Å². The van der Waals surface area contributed by atoms with Crippen molar-refractivity contribution in [1.29, 1.82) is 0 Å². The Hall–Kier alpha value is -1.68. The van der Waals surface area contributed by atoms with Crippen LogP contribution in [0.3, 0.4) is 0 Å². The van der Waals surface area contributed by atoms with E-state index < -0.39 is 0 Å². The normalized spacial score (nSPS) is 10.2. The molecule has 0 aliphatic rings. The summed E-state index contributed by atoms with van der Waals surface area (Å²) >= 11 is 3.38. The lowest BCUT2D eigenvalue weighted by atomic mass is 10.0. The number of benzene rings is 1. The van der Waals surface area contributed by atoms with Crippen molar-refractivity contribution in [2.24, 2.45) is 0 Å². The van der Waals surface area contributed by atoms with E-state index >= 15 is 0 Å². The minimum atomic E-state index is -0.0496. The molecular formula is C14H12BrNO2. The van der Waals surface area contributed by atoms with Crippen LogP contribution in [0.1, 0.15) is 21.5 Å². The molecule has 0 N–H and O–H groups in total. The van der Waals surface area contributed by atoms with Crippen LogP contribution in [-0.4, -0.2) is 17.9 Å². The van der Waals surface area contributed by atoms with Gasteiger partial charge < -0.3 is 4.74 Å². The van der Waals surface area contributed by atoms with Gasteiger partial charge >= 0.3 is 0 Å². The highest BCUT2D eigenvalue weighted by molar-refractivity contribution is 9.10. The molecule has 0 amide bonds. The number of nitrogens with zero attached hydrogens (tertiary/aromatic N) is 1. The molecule has 2 aromatic rings. The number of hydrogen-bond donors (Lipinski definition) is 0. The Morgan fingerprint density at radius 2 is 2.06 bits per heavy atom. The van der Waals surface area contributed by atoms with Gasteiger partial charge in [0, 0.05) is 21.8 Å². The molecule has 4 heteroatoms. The maximum absolute atomic E-state index is 12.3. The maximum Gasteiger partial charge on any atom is 0.194 e. The largest absolute Gasteiger partial charge is 0.495 e. The minimum Gasteiger partial charge on any atom is -0.495 e. The number of halogens is 1. The van der Waals surface area contributed by atoms with E-state index in [0.717, 1.165) is 10.0 Å². The zero-order valence-corrected chi connectivity index (χ0v) is 11.7. The van der Waals surface area contributed by atoms with Crippen LogP contribution in [0.4, 0.5) is 0 Å². The summed E-state index contributed by atoms with van der Waals surface area (Å²) in [7, 11) is 1.55. The summed E-state index contributed by atoms with van der Waals surface area (Å²) in [5.74, 6) is 0.530. The molecule has 0 fully saturated rings. The summed E-state index contributed by atoms with van der Waals surface area (Å²) in [4.78, 5) is 16.3. The summed E-state index contributed by atoms with van der Waals surface area (Å²) in [5, 5.41) is 0. The van der Waals surface area contributed by atoms with E-state index in [1.54, 1.807) is 31.6 Å². The van der Waals surface area contributed by atoms with Gasteiger partial charge in [-0.2, -0.15) is 0 Å². The zero-order chi connectivity index (χ0) is 13.1. The van der Waals surface area contributed by atoms with Crippen LogP contribution in [0.25, 0.3) is 0 Å². The van der Waals surface area contributed by atoms with Crippen LogP contribution in [-0.2, 0) is 0 Å². The van der Waals surface area contributed by atoms with E-state index in [1.165, 1.54) is 0 Å². The van der Waals surface area contributed by atoms with Crippen LogP contribution < -0.4 is 4.74 Å². The number of aryl methyl sites for hydroxylation is 1. The highest BCUT2D eigenvalue weighted by Crippen LogP contribution is 2.20. The third-order valence-electron chi connectivity index (χ3n) is 2.64. The Bertz CT molecular complexity index is 596. The summed E-state index contributed by atoms with van der Waals surface area (Å²) in [6.07, 6.45) is 3.12. The molecule has 0 saturated carbocycles. The zero-order valence-electron chi connectivity index (χ0n) is 10.1. The fourth-order valence-electron chi connectivity index (χ4n) is 1.69. The van der Waals surface area contributed by atoms with Gasteiger partial charge in [0.05, 0.1) is 13.3 Å². The van der Waals surface area contributed by atoms with Crippen LogP contribution >= 0.6 is 15.9 Å². The number of carbonyl (C=O) groups is 1. The van der Waals surface area contributed by atoms with Crippen molar-refractivity contribution in [2.75, 3.05) is 7.11 Å². The van der Waals surface area contributed by atoms with Gasteiger partial charge in [-0.1, -0.05) is 15.9 Å². The molecule has 0 atom stereocenters. The van der Waals surface area contributed by atoms with Crippen LogP contribution in [0.5, 0.6) is 5.75 Å². The number of ether oxygens (including phenoxy) is 1. The Kier molecular flexibility index (Phi) is 3.77. The standard InChI is InChI=1S/C14H12BrNO2/c1-9-5-11(15)3-4-13(9)14(17)10-6-12(18-2)8-16-7-10/h3-8H,1-2H3. The number of hydrogen-bond acceptors (Lipinski definition) is 3. The Morgan fingerprint density at radius 3 is 2.72 bits per heavy atom. The first kappa shape index (κ1) is 12.8. The summed E-state index contributed by atoms with van der Waals surface area (Å²) < 4.78 is 6.03. The smallest absolute Gasteiger partial charge is 0.194 e. The Morgan fingerprint density at radius 1 is 1.28 bits per heavy atom. The van der Waals surface area contributed by atoms with Crippen LogP contribution in [0.15, 0.2) is 41.1 Å². The molecule has 18 heavy (non-hydrogen) atoms. The molecule has 0 saturated heterocycles. The fourth-order valence-corrected chi connectivity index (χ4v) is 2.17. The van der Waals surface area contributed by atoms with Gasteiger partial charge in [0.1, 0.15) is 5.75 Å². The third kappa shape index (κ3) is 2.59. The van der Waals surface area contributed by atoms with Gasteiger partial charge in [0.25, 0.3) is 0 Å². The monoisotopic (exact) mass is 305 g/mol. The summed E-state index contributed by atoms with van der Waals surface area (Å²) in [6, 6.07) is 7.27. The Labute approximate surface area is 114 Å². The van der Waals surface area contributed by atoms with E-state index in [0.29, 0.717) is 16.9 Å². The van der Waals surface area contributed by atoms with Gasteiger partial charge in [-0.3, -0.25) is 9.78 Å². The first-order valence-electron chi connectivity index (χ1n) is 5.41. The van der Waals surface area contributed by atoms with Gasteiger partial charge in [0.2, 0.25) is 0 Å². The highest BCUT2D eigenvalue weighted by Gasteiger charge is 2.13. The average Bonchev–Trinajstić information content (AvgIpc) is 2.38. The molecule has 3 nitrogen and oxygen atoms in total. The quantitative estimate of drug-likeness (QED) is 0.816. The molecule has 92 valence electrons. The van der Waals surface area contributed by atoms with Crippen molar-refractivity contribution >= 4 is 21.7 Å². The summed E-state index contributed by atoms with van der Waals surface area (Å²) in [6.45, 7) is 1.91. The van der Waals surface area contributed by atoms with E-state index in [1.807, 2.05) is 19.1 Å². The van der Waals surface area contributed by atoms with Gasteiger partial charge in [-0.05, 0) is 36.8 Å². The Balaban J connectivity index is 2.41. The van der Waals surface area contributed by atoms with Crippen LogP contribution in [0, 0.1) is 6.92 Å². The van der Waals surface area contributed by atoms with Gasteiger partial charge in [-0.25, -0.2) is 0 Å². The van der Waals surface area contributed by atoms with E-state index in [-0.39, 0.29) is 5.78 Å². The van der Waals surface area contributed by atoms with Crippen molar-refractivity contribution in [3.8, 4) is 5.75 Å². The molecule has 0 aliphatic heterocycles. The van der Waals surface area contributed by atoms with Crippen molar-refractivity contribution in [2.45, 2.75) is 6.92 Å². The first-order valence-corrected chi connectivity index (χ1v) is 6.21. The van der Waals surface area contributed by atoms with Crippen molar-refractivity contribution in [3.63, 3.8) is 0 Å². The SMILES string of the molecule is COc1cncc(C(=O)c2ccc(Br)cc2C)c1. The average molecular weight is 306 g/mol. The molecule has 0 spiro atoms. The van der Waals surface area contributed by atoms with E-state index in [4.69, 9.17) is 4.74 Å². The number of aromatic nitrogens is 1. The fraction of sp³-hybridized carbons (Fsp3) is 0.143. The first-order chi connectivity index (χ1) is 8.61. The molecule has 2 rings (SSSR count). The van der Waals surface area contributed by atoms with E-state index in [2.05, 4.69) is 20.9 Å². The molecule has 0 unspecified atom stereocenters. The third-order valence-corrected chi connectivity index (χ3v) is 3.14. The molecule has 1 heterocycles. The number of carbonyl (C=O) groups excluding carboxylic acids is 1. The lowest BCUT2D eigenvalue weighted by Gasteiger charge is -2.06. The number of ketones is 1. The van der Waals surface area contributed by atoms with Crippen molar-refractivity contribution < 1.29 is 9.53 Å². The maximum atomic E-state index is 12.3. The second-order valence-electron chi connectivity index (χ2n) is 3.90. The van der Waals surface area contributed by atoms with Gasteiger partial charge in [-0.15, -0.1) is 0 Å². The highest BCUT2D eigenvalue weighted by atomic mass is 79.9. The molecule has 0 radical (unpaired) electrons. The predicted molar refractivity (Wildman–Crippen MR) is 73.1 cm³/mol. The summed E-state index contributed by atoms with van der Waals surface area (Å²) in [5.41, 5.74) is 2.13. The topological polar surface area (TPSA) is 39.2 Å². The minimum absolute atomic E-state index is 0.0496. The van der Waals surface area contributed by atoms with E-state index in [9.17, 15) is 4.79 Å². The molecule has 1 aromatic heterocycles.